The van der Waals surface area contributed by atoms with Gasteiger partial charge in [0.05, 0.1) is 5.92 Å². The summed E-state index contributed by atoms with van der Waals surface area (Å²) in [4.78, 5) is 26.3. The normalized spacial score (nSPS) is 17.1. The molecule has 1 aromatic rings. The predicted octanol–water partition coefficient (Wildman–Crippen LogP) is 2.12. The third kappa shape index (κ3) is 6.07. The van der Waals surface area contributed by atoms with Gasteiger partial charge in [-0.15, -0.1) is 12.4 Å². The molecule has 1 heterocycles. The van der Waals surface area contributed by atoms with Crippen LogP contribution in [0.5, 0.6) is 0 Å². The lowest BCUT2D eigenvalue weighted by Gasteiger charge is -2.32. The van der Waals surface area contributed by atoms with Gasteiger partial charge in [-0.05, 0) is 30.9 Å². The molecule has 24 heavy (non-hydrogen) atoms. The maximum absolute atomic E-state index is 12.4. The average molecular weight is 419 g/mol. The molecular weight excluding hydrogens is 394 g/mol. The molecule has 0 spiro atoms. The lowest BCUT2D eigenvalue weighted by molar-refractivity contribution is -0.135. The number of halogens is 2. The van der Waals surface area contributed by atoms with Crippen LogP contribution >= 0.6 is 28.3 Å². The Balaban J connectivity index is 0.00000288. The highest BCUT2D eigenvalue weighted by atomic mass is 79.9. The van der Waals surface area contributed by atoms with E-state index in [1.165, 1.54) is 0 Å². The van der Waals surface area contributed by atoms with E-state index in [2.05, 4.69) is 21.2 Å². The Hall–Kier alpha value is -1.11. The summed E-state index contributed by atoms with van der Waals surface area (Å²) >= 11 is 3.51. The lowest BCUT2D eigenvalue weighted by atomic mass is 9.96. The van der Waals surface area contributed by atoms with E-state index >= 15 is 0 Å². The molecule has 2 amide bonds. The summed E-state index contributed by atoms with van der Waals surface area (Å²) < 4.78 is 1.03. The van der Waals surface area contributed by atoms with Gasteiger partial charge in [0.2, 0.25) is 11.8 Å². The first kappa shape index (κ1) is 20.9. The van der Waals surface area contributed by atoms with Crippen LogP contribution in [-0.4, -0.2) is 42.9 Å². The Kier molecular flexibility index (Phi) is 9.33. The molecule has 0 aliphatic carbocycles. The van der Waals surface area contributed by atoms with E-state index in [-0.39, 0.29) is 30.1 Å². The van der Waals surface area contributed by atoms with Gasteiger partial charge in [-0.1, -0.05) is 34.1 Å². The van der Waals surface area contributed by atoms with Crippen LogP contribution in [0.3, 0.4) is 0 Å². The molecule has 134 valence electrons. The van der Waals surface area contributed by atoms with Crippen molar-refractivity contribution in [1.82, 2.24) is 10.2 Å². The van der Waals surface area contributed by atoms with Crippen LogP contribution in [0.2, 0.25) is 0 Å². The van der Waals surface area contributed by atoms with E-state index in [1.807, 2.05) is 29.2 Å². The van der Waals surface area contributed by atoms with E-state index < -0.39 is 0 Å². The minimum Gasteiger partial charge on any atom is -0.355 e. The van der Waals surface area contributed by atoms with Crippen LogP contribution in [0.25, 0.3) is 0 Å². The van der Waals surface area contributed by atoms with Gasteiger partial charge in [-0.25, -0.2) is 0 Å². The Bertz CT molecular complexity index is 556. The van der Waals surface area contributed by atoms with Gasteiger partial charge in [0.1, 0.15) is 0 Å². The van der Waals surface area contributed by atoms with Gasteiger partial charge in [0.15, 0.2) is 0 Å². The molecule has 1 aliphatic heterocycles. The number of likely N-dealkylation sites (tertiary alicyclic amines) is 1. The molecule has 0 saturated carbocycles. The summed E-state index contributed by atoms with van der Waals surface area (Å²) in [5.41, 5.74) is 6.54. The molecule has 1 saturated heterocycles. The van der Waals surface area contributed by atoms with Crippen molar-refractivity contribution in [2.75, 3.05) is 26.2 Å². The summed E-state index contributed by atoms with van der Waals surface area (Å²) in [7, 11) is 0. The first-order valence-electron chi connectivity index (χ1n) is 8.10. The van der Waals surface area contributed by atoms with Crippen molar-refractivity contribution in [3.05, 3.63) is 34.3 Å². The van der Waals surface area contributed by atoms with Crippen LogP contribution in [0.1, 0.15) is 24.8 Å². The Morgan fingerprint density at radius 3 is 2.79 bits per heavy atom. The van der Waals surface area contributed by atoms with Crippen molar-refractivity contribution >= 4 is 40.2 Å². The standard InChI is InChI=1S/C17H24BrN3O2.ClH/c18-15-6-2-1-4-13(15)7-8-16(22)21-11-3-5-14(12-21)17(23)20-10-9-19;/h1-2,4,6,14H,3,5,7-12,19H2,(H,20,23);1H. The van der Waals surface area contributed by atoms with Gasteiger partial charge < -0.3 is 16.0 Å². The summed E-state index contributed by atoms with van der Waals surface area (Å²) in [5.74, 6) is 0.0264. The van der Waals surface area contributed by atoms with Crippen LogP contribution in [0.15, 0.2) is 28.7 Å². The molecule has 1 aromatic carbocycles. The van der Waals surface area contributed by atoms with Crippen molar-refractivity contribution in [2.45, 2.75) is 25.7 Å². The molecule has 5 nitrogen and oxygen atoms in total. The molecule has 1 atom stereocenters. The second kappa shape index (κ2) is 10.7. The molecular formula is C17H25BrClN3O2. The molecule has 3 N–H and O–H groups in total. The maximum atomic E-state index is 12.4. The monoisotopic (exact) mass is 417 g/mol. The quantitative estimate of drug-likeness (QED) is 0.743. The Morgan fingerprint density at radius 1 is 1.33 bits per heavy atom. The fourth-order valence-corrected chi connectivity index (χ4v) is 3.34. The first-order valence-corrected chi connectivity index (χ1v) is 8.90. The minimum absolute atomic E-state index is 0. The highest BCUT2D eigenvalue weighted by Gasteiger charge is 2.27. The molecule has 0 bridgehead atoms. The molecule has 1 unspecified atom stereocenters. The number of nitrogens with zero attached hydrogens (tertiary/aromatic N) is 1. The number of nitrogens with two attached hydrogens (primary N) is 1. The van der Waals surface area contributed by atoms with Crippen LogP contribution in [0.4, 0.5) is 0 Å². The number of nitrogens with one attached hydrogen (secondary N) is 1. The van der Waals surface area contributed by atoms with Crippen molar-refractivity contribution < 1.29 is 9.59 Å². The van der Waals surface area contributed by atoms with Crippen molar-refractivity contribution in [3.8, 4) is 0 Å². The van der Waals surface area contributed by atoms with Gasteiger partial charge in [0.25, 0.3) is 0 Å². The van der Waals surface area contributed by atoms with E-state index in [0.29, 0.717) is 32.5 Å². The molecule has 0 radical (unpaired) electrons. The third-order valence-electron chi connectivity index (χ3n) is 4.15. The SMILES string of the molecule is Cl.NCCNC(=O)C1CCCN(C(=O)CCc2ccccc2Br)C1. The predicted molar refractivity (Wildman–Crippen MR) is 101 cm³/mol. The summed E-state index contributed by atoms with van der Waals surface area (Å²) in [6, 6.07) is 7.95. The number of amides is 2. The Morgan fingerprint density at radius 2 is 2.08 bits per heavy atom. The fraction of sp³-hybridized carbons (Fsp3) is 0.529. The zero-order chi connectivity index (χ0) is 16.7. The largest absolute Gasteiger partial charge is 0.355 e. The third-order valence-corrected chi connectivity index (χ3v) is 4.93. The number of carbonyl (C=O) groups is 2. The highest BCUT2D eigenvalue weighted by molar-refractivity contribution is 9.10. The van der Waals surface area contributed by atoms with Gasteiger partial charge in [-0.3, -0.25) is 9.59 Å². The maximum Gasteiger partial charge on any atom is 0.224 e. The smallest absolute Gasteiger partial charge is 0.224 e. The van der Waals surface area contributed by atoms with E-state index in [9.17, 15) is 9.59 Å². The molecule has 1 aliphatic rings. The topological polar surface area (TPSA) is 75.4 Å². The number of piperidine rings is 1. The second-order valence-corrected chi connectivity index (χ2v) is 6.70. The van der Waals surface area contributed by atoms with Gasteiger partial charge >= 0.3 is 0 Å². The van der Waals surface area contributed by atoms with E-state index in [4.69, 9.17) is 5.73 Å². The minimum atomic E-state index is -0.109. The first-order chi connectivity index (χ1) is 11.1. The number of hydrogen-bond acceptors (Lipinski definition) is 3. The van der Waals surface area contributed by atoms with Gasteiger partial charge in [0, 0.05) is 37.1 Å². The average Bonchev–Trinajstić information content (AvgIpc) is 2.58. The number of rotatable bonds is 6. The van der Waals surface area contributed by atoms with Crippen LogP contribution in [-0.2, 0) is 16.0 Å². The highest BCUT2D eigenvalue weighted by Crippen LogP contribution is 2.20. The molecule has 1 fully saturated rings. The number of benzene rings is 1. The number of aryl methyl sites for hydroxylation is 1. The lowest BCUT2D eigenvalue weighted by Crippen LogP contribution is -2.46. The van der Waals surface area contributed by atoms with E-state index in [1.54, 1.807) is 0 Å². The Labute approximate surface area is 157 Å². The van der Waals surface area contributed by atoms with Crippen LogP contribution < -0.4 is 11.1 Å². The number of hydrogen-bond donors (Lipinski definition) is 2. The zero-order valence-corrected chi connectivity index (χ0v) is 16.1. The summed E-state index contributed by atoms with van der Waals surface area (Å²) in [6.07, 6.45) is 2.90. The molecule has 7 heteroatoms. The van der Waals surface area contributed by atoms with Crippen molar-refractivity contribution in [1.29, 1.82) is 0 Å². The van der Waals surface area contributed by atoms with E-state index in [0.717, 1.165) is 29.4 Å². The molecule has 0 aromatic heterocycles. The fourth-order valence-electron chi connectivity index (χ4n) is 2.86. The summed E-state index contributed by atoms with van der Waals surface area (Å²) in [6.45, 7) is 2.19. The summed E-state index contributed by atoms with van der Waals surface area (Å²) in [5, 5.41) is 2.82. The van der Waals surface area contributed by atoms with Crippen LogP contribution in [0, 0.1) is 5.92 Å². The van der Waals surface area contributed by atoms with Gasteiger partial charge in [-0.2, -0.15) is 0 Å². The molecule has 2 rings (SSSR count). The number of carbonyl (C=O) groups excluding carboxylic acids is 2. The second-order valence-electron chi connectivity index (χ2n) is 5.85. The van der Waals surface area contributed by atoms with Crippen molar-refractivity contribution in [3.63, 3.8) is 0 Å². The van der Waals surface area contributed by atoms with Crippen molar-refractivity contribution in [2.24, 2.45) is 11.7 Å². The zero-order valence-electron chi connectivity index (χ0n) is 13.7.